The van der Waals surface area contributed by atoms with Crippen LogP contribution in [-0.4, -0.2) is 52.7 Å². The Hall–Kier alpha value is -2.38. The van der Waals surface area contributed by atoms with Crippen LogP contribution >= 0.6 is 11.6 Å². The van der Waals surface area contributed by atoms with Crippen molar-refractivity contribution < 1.29 is 23.8 Å². The third kappa shape index (κ3) is 4.18. The molecule has 1 fully saturated rings. The van der Waals surface area contributed by atoms with E-state index < -0.39 is 12.0 Å². The molecule has 0 radical (unpaired) electrons. The van der Waals surface area contributed by atoms with Crippen LogP contribution in [-0.2, 0) is 20.7 Å². The standard InChI is InChI=1S/C17H17ClN2O5/c18-12-3-1-11(2-4-12)14-9-19-15(25-14)5-6-16(21)20-7-8-24-10-13(20)17(22)23/h1-4,9,13H,5-8,10H2,(H,22,23)/t13-/m1/s1. The third-order valence-electron chi connectivity index (χ3n) is 3.97. The van der Waals surface area contributed by atoms with Gasteiger partial charge in [0, 0.05) is 30.0 Å². The molecule has 7 nitrogen and oxygen atoms in total. The molecule has 3 rings (SSSR count). The lowest BCUT2D eigenvalue weighted by Gasteiger charge is -2.32. The fraction of sp³-hybridized carbons (Fsp3) is 0.353. The van der Waals surface area contributed by atoms with E-state index in [0.29, 0.717) is 29.7 Å². The van der Waals surface area contributed by atoms with Crippen LogP contribution in [0.3, 0.4) is 0 Å². The Morgan fingerprint density at radius 1 is 1.32 bits per heavy atom. The maximum atomic E-state index is 12.3. The molecule has 1 aliphatic heterocycles. The number of aliphatic carboxylic acids is 1. The highest BCUT2D eigenvalue weighted by Gasteiger charge is 2.32. The van der Waals surface area contributed by atoms with Crippen LogP contribution < -0.4 is 0 Å². The van der Waals surface area contributed by atoms with Gasteiger partial charge in [0.2, 0.25) is 5.91 Å². The van der Waals surface area contributed by atoms with E-state index in [1.165, 1.54) is 4.90 Å². The lowest BCUT2D eigenvalue weighted by molar-refractivity contribution is -0.158. The van der Waals surface area contributed by atoms with Crippen molar-refractivity contribution in [1.82, 2.24) is 9.88 Å². The summed E-state index contributed by atoms with van der Waals surface area (Å²) in [6.07, 6.45) is 2.03. The van der Waals surface area contributed by atoms with Gasteiger partial charge in [-0.25, -0.2) is 9.78 Å². The van der Waals surface area contributed by atoms with Crippen LogP contribution in [0.5, 0.6) is 0 Å². The maximum Gasteiger partial charge on any atom is 0.328 e. The number of hydrogen-bond acceptors (Lipinski definition) is 5. The van der Waals surface area contributed by atoms with Crippen LogP contribution in [0.15, 0.2) is 34.9 Å². The summed E-state index contributed by atoms with van der Waals surface area (Å²) in [4.78, 5) is 29.1. The van der Waals surface area contributed by atoms with Crippen LogP contribution in [0.4, 0.5) is 0 Å². The molecule has 1 saturated heterocycles. The number of morpholine rings is 1. The number of oxazole rings is 1. The number of hydrogen-bond donors (Lipinski definition) is 1. The number of carboxylic acid groups (broad SMARTS) is 1. The molecule has 0 aliphatic carbocycles. The first-order valence-corrected chi connectivity index (χ1v) is 8.23. The highest BCUT2D eigenvalue weighted by molar-refractivity contribution is 6.30. The van der Waals surface area contributed by atoms with Crippen LogP contribution in [0, 0.1) is 0 Å². The Morgan fingerprint density at radius 3 is 2.80 bits per heavy atom. The third-order valence-corrected chi connectivity index (χ3v) is 4.22. The predicted molar refractivity (Wildman–Crippen MR) is 89.2 cm³/mol. The van der Waals surface area contributed by atoms with E-state index >= 15 is 0 Å². The quantitative estimate of drug-likeness (QED) is 0.874. The van der Waals surface area contributed by atoms with Crippen molar-refractivity contribution >= 4 is 23.5 Å². The van der Waals surface area contributed by atoms with Gasteiger partial charge in [-0.05, 0) is 24.3 Å². The van der Waals surface area contributed by atoms with Crippen LogP contribution in [0.1, 0.15) is 12.3 Å². The zero-order chi connectivity index (χ0) is 17.8. The van der Waals surface area contributed by atoms with E-state index in [1.807, 2.05) is 12.1 Å². The smallest absolute Gasteiger partial charge is 0.328 e. The monoisotopic (exact) mass is 364 g/mol. The van der Waals surface area contributed by atoms with Gasteiger partial charge in [-0.1, -0.05) is 11.6 Å². The maximum absolute atomic E-state index is 12.3. The summed E-state index contributed by atoms with van der Waals surface area (Å²) in [5.74, 6) is -0.288. The first-order chi connectivity index (χ1) is 12.0. The number of amides is 1. The fourth-order valence-electron chi connectivity index (χ4n) is 2.64. The van der Waals surface area contributed by atoms with Gasteiger partial charge in [-0.3, -0.25) is 4.79 Å². The normalized spacial score (nSPS) is 17.5. The van der Waals surface area contributed by atoms with E-state index in [2.05, 4.69) is 4.98 Å². The number of halogens is 1. The van der Waals surface area contributed by atoms with Gasteiger partial charge in [-0.15, -0.1) is 0 Å². The molecule has 132 valence electrons. The van der Waals surface area contributed by atoms with Gasteiger partial charge in [-0.2, -0.15) is 0 Å². The van der Waals surface area contributed by atoms with Gasteiger partial charge in [0.25, 0.3) is 0 Å². The number of carbonyl (C=O) groups excluding carboxylic acids is 1. The summed E-state index contributed by atoms with van der Waals surface area (Å²) in [5, 5.41) is 9.81. The minimum Gasteiger partial charge on any atom is -0.480 e. The molecular formula is C17H17ClN2O5. The Kier molecular flexibility index (Phi) is 5.35. The zero-order valence-corrected chi connectivity index (χ0v) is 14.1. The van der Waals surface area contributed by atoms with Crippen molar-refractivity contribution in [3.05, 3.63) is 41.4 Å². The van der Waals surface area contributed by atoms with Gasteiger partial charge in [0.15, 0.2) is 17.7 Å². The van der Waals surface area contributed by atoms with Gasteiger partial charge in [0.1, 0.15) is 0 Å². The lowest BCUT2D eigenvalue weighted by Crippen LogP contribution is -2.52. The van der Waals surface area contributed by atoms with Crippen molar-refractivity contribution in [2.45, 2.75) is 18.9 Å². The Bertz CT molecular complexity index is 759. The molecule has 0 spiro atoms. The Morgan fingerprint density at radius 2 is 2.08 bits per heavy atom. The van der Waals surface area contributed by atoms with Crippen molar-refractivity contribution in [3.8, 4) is 11.3 Å². The largest absolute Gasteiger partial charge is 0.480 e. The SMILES string of the molecule is O=C(O)[C@H]1COCCN1C(=O)CCc1ncc(-c2ccc(Cl)cc2)o1. The number of carbonyl (C=O) groups is 2. The van der Waals surface area contributed by atoms with Crippen molar-refractivity contribution in [2.75, 3.05) is 19.8 Å². The second-order valence-electron chi connectivity index (χ2n) is 5.64. The molecule has 8 heteroatoms. The number of benzene rings is 1. The van der Waals surface area contributed by atoms with Gasteiger partial charge in [0.05, 0.1) is 19.4 Å². The van der Waals surface area contributed by atoms with E-state index in [0.717, 1.165) is 5.56 Å². The molecule has 1 atom stereocenters. The molecule has 1 aromatic carbocycles. The molecule has 25 heavy (non-hydrogen) atoms. The summed E-state index contributed by atoms with van der Waals surface area (Å²) < 4.78 is 10.8. The van der Waals surface area contributed by atoms with Crippen LogP contribution in [0.2, 0.25) is 5.02 Å². The minimum atomic E-state index is -1.06. The first-order valence-electron chi connectivity index (χ1n) is 7.85. The molecule has 1 amide bonds. The molecule has 2 heterocycles. The summed E-state index contributed by atoms with van der Waals surface area (Å²) in [6, 6.07) is 6.22. The lowest BCUT2D eigenvalue weighted by atomic mass is 10.2. The average molecular weight is 365 g/mol. The zero-order valence-electron chi connectivity index (χ0n) is 13.4. The summed E-state index contributed by atoms with van der Waals surface area (Å²) in [6.45, 7) is 0.632. The number of carboxylic acids is 1. The van der Waals surface area contributed by atoms with E-state index in [4.69, 9.17) is 20.8 Å². The fourth-order valence-corrected chi connectivity index (χ4v) is 2.76. The topological polar surface area (TPSA) is 92.9 Å². The van der Waals surface area contributed by atoms with Crippen molar-refractivity contribution in [2.24, 2.45) is 0 Å². The molecule has 2 aromatic rings. The summed E-state index contributed by atoms with van der Waals surface area (Å²) in [7, 11) is 0. The van der Waals surface area contributed by atoms with E-state index in [1.54, 1.807) is 18.3 Å². The Labute approximate surface area is 149 Å². The van der Waals surface area contributed by atoms with Gasteiger partial charge < -0.3 is 19.2 Å². The molecule has 0 saturated carbocycles. The number of aryl methyl sites for hydroxylation is 1. The first kappa shape index (κ1) is 17.4. The number of aromatic nitrogens is 1. The number of nitrogens with zero attached hydrogens (tertiary/aromatic N) is 2. The van der Waals surface area contributed by atoms with E-state index in [9.17, 15) is 14.7 Å². The molecule has 1 aromatic heterocycles. The summed E-state index contributed by atoms with van der Waals surface area (Å²) >= 11 is 5.86. The molecule has 1 aliphatic rings. The molecule has 0 unspecified atom stereocenters. The molecule has 1 N–H and O–H groups in total. The molecule has 0 bridgehead atoms. The highest BCUT2D eigenvalue weighted by atomic mass is 35.5. The van der Waals surface area contributed by atoms with E-state index in [-0.39, 0.29) is 25.5 Å². The number of rotatable bonds is 5. The highest BCUT2D eigenvalue weighted by Crippen LogP contribution is 2.23. The average Bonchev–Trinajstić information content (AvgIpc) is 3.09. The Balaban J connectivity index is 1.61. The minimum absolute atomic E-state index is 0.0147. The second-order valence-corrected chi connectivity index (χ2v) is 6.08. The molecular weight excluding hydrogens is 348 g/mol. The van der Waals surface area contributed by atoms with Gasteiger partial charge >= 0.3 is 5.97 Å². The second kappa shape index (κ2) is 7.67. The predicted octanol–water partition coefficient (Wildman–Crippen LogP) is 2.24. The summed E-state index contributed by atoms with van der Waals surface area (Å²) in [5.41, 5.74) is 0.841. The van der Waals surface area contributed by atoms with Crippen molar-refractivity contribution in [1.29, 1.82) is 0 Å². The number of ether oxygens (including phenoxy) is 1. The van der Waals surface area contributed by atoms with Crippen LogP contribution in [0.25, 0.3) is 11.3 Å². The van der Waals surface area contributed by atoms with Crippen molar-refractivity contribution in [3.63, 3.8) is 0 Å².